The zero-order valence-electron chi connectivity index (χ0n) is 8.16. The van der Waals surface area contributed by atoms with E-state index in [0.717, 1.165) is 0 Å². The van der Waals surface area contributed by atoms with Gasteiger partial charge in [0.05, 0.1) is 0 Å². The third-order valence-corrected chi connectivity index (χ3v) is 1.76. The lowest BCUT2D eigenvalue weighted by Crippen LogP contribution is -1.95. The van der Waals surface area contributed by atoms with Crippen LogP contribution >= 0.6 is 0 Å². The Kier molecular flexibility index (Phi) is 2.81. The molecule has 82 valence electrons. The number of carboxylic acids is 1. The van der Waals surface area contributed by atoms with Crippen LogP contribution in [0.2, 0.25) is 0 Å². The van der Waals surface area contributed by atoms with Crippen molar-refractivity contribution in [1.82, 2.24) is 10.2 Å². The molecule has 0 atom stereocenters. The summed E-state index contributed by atoms with van der Waals surface area (Å²) in [4.78, 5) is 10.5. The van der Waals surface area contributed by atoms with E-state index in [1.54, 1.807) is 12.1 Å². The Morgan fingerprint density at radius 2 is 2.06 bits per heavy atom. The first kappa shape index (κ1) is 10.2. The van der Waals surface area contributed by atoms with Gasteiger partial charge in [0.1, 0.15) is 5.75 Å². The van der Waals surface area contributed by atoms with E-state index in [1.165, 1.54) is 0 Å². The van der Waals surface area contributed by atoms with Gasteiger partial charge < -0.3 is 14.3 Å². The third kappa shape index (κ3) is 2.35. The lowest BCUT2D eigenvalue weighted by atomic mass is 10.3. The van der Waals surface area contributed by atoms with Crippen LogP contribution in [0.1, 0.15) is 16.6 Å². The molecule has 0 fully saturated rings. The van der Waals surface area contributed by atoms with Gasteiger partial charge in [-0.05, 0) is 12.1 Å². The molecule has 0 saturated heterocycles. The summed E-state index contributed by atoms with van der Waals surface area (Å²) >= 11 is 0. The van der Waals surface area contributed by atoms with Gasteiger partial charge in [0, 0.05) is 0 Å². The number of para-hydroxylation sites is 1. The fraction of sp³-hybridized carbons (Fsp3) is 0.100. The maximum atomic E-state index is 10.5. The molecule has 0 unspecified atom stereocenters. The highest BCUT2D eigenvalue weighted by atomic mass is 16.5. The number of hydrogen-bond donors (Lipinski definition) is 1. The number of aromatic carboxylic acids is 1. The normalized spacial score (nSPS) is 10.0. The number of carbonyl (C=O) groups is 1. The minimum absolute atomic E-state index is 0.0459. The van der Waals surface area contributed by atoms with Crippen molar-refractivity contribution in [2.45, 2.75) is 6.61 Å². The number of hydrogen-bond acceptors (Lipinski definition) is 5. The lowest BCUT2D eigenvalue weighted by molar-refractivity contribution is 0.0649. The second-order valence-corrected chi connectivity index (χ2v) is 2.91. The SMILES string of the molecule is O=C(O)c1nnc(COc2ccccc2)o1. The van der Waals surface area contributed by atoms with E-state index in [4.69, 9.17) is 14.3 Å². The average molecular weight is 220 g/mol. The molecule has 0 aliphatic heterocycles. The van der Waals surface area contributed by atoms with Crippen molar-refractivity contribution in [1.29, 1.82) is 0 Å². The summed E-state index contributed by atoms with van der Waals surface area (Å²) in [6.45, 7) is 0.0459. The molecule has 6 heteroatoms. The molecule has 1 aromatic carbocycles. The summed E-state index contributed by atoms with van der Waals surface area (Å²) in [6.07, 6.45) is 0. The molecule has 2 rings (SSSR count). The molecule has 0 bridgehead atoms. The van der Waals surface area contributed by atoms with Gasteiger partial charge in [-0.15, -0.1) is 10.2 Å². The molecule has 0 aliphatic rings. The van der Waals surface area contributed by atoms with Gasteiger partial charge in [0.25, 0.3) is 5.89 Å². The van der Waals surface area contributed by atoms with Crippen molar-refractivity contribution in [3.8, 4) is 5.75 Å². The molecule has 1 N–H and O–H groups in total. The molecule has 0 radical (unpaired) electrons. The zero-order chi connectivity index (χ0) is 11.4. The van der Waals surface area contributed by atoms with Gasteiger partial charge in [-0.2, -0.15) is 0 Å². The Hall–Kier alpha value is -2.37. The van der Waals surface area contributed by atoms with Crippen LogP contribution in [-0.4, -0.2) is 21.3 Å². The van der Waals surface area contributed by atoms with E-state index >= 15 is 0 Å². The monoisotopic (exact) mass is 220 g/mol. The summed E-state index contributed by atoms with van der Waals surface area (Å²) in [5, 5.41) is 15.4. The standard InChI is InChI=1S/C10H8N2O4/c13-10(14)9-12-11-8(16-9)6-15-7-4-2-1-3-5-7/h1-5H,6H2,(H,13,14). The van der Waals surface area contributed by atoms with Crippen LogP contribution in [0.4, 0.5) is 0 Å². The number of aromatic nitrogens is 2. The van der Waals surface area contributed by atoms with Gasteiger partial charge in [-0.1, -0.05) is 18.2 Å². The molecule has 0 spiro atoms. The van der Waals surface area contributed by atoms with E-state index in [9.17, 15) is 4.79 Å². The first-order chi connectivity index (χ1) is 7.75. The predicted octanol–water partition coefficient (Wildman–Crippen LogP) is 1.35. The third-order valence-electron chi connectivity index (χ3n) is 1.76. The number of rotatable bonds is 4. The molecule has 0 saturated carbocycles. The highest BCUT2D eigenvalue weighted by Gasteiger charge is 2.12. The smallest absolute Gasteiger partial charge is 0.393 e. The minimum atomic E-state index is -1.25. The van der Waals surface area contributed by atoms with Crippen LogP contribution in [0.15, 0.2) is 34.7 Å². The summed E-state index contributed by atoms with van der Waals surface area (Å²) in [6, 6.07) is 9.06. The molecule has 6 nitrogen and oxygen atoms in total. The molecule has 16 heavy (non-hydrogen) atoms. The van der Waals surface area contributed by atoms with Crippen molar-refractivity contribution < 1.29 is 19.1 Å². The average Bonchev–Trinajstić information content (AvgIpc) is 2.76. The van der Waals surface area contributed by atoms with Crippen molar-refractivity contribution >= 4 is 5.97 Å². The van der Waals surface area contributed by atoms with Crippen molar-refractivity contribution in [3.63, 3.8) is 0 Å². The largest absolute Gasteiger partial charge is 0.484 e. The molecule has 2 aromatic rings. The minimum Gasteiger partial charge on any atom is -0.484 e. The predicted molar refractivity (Wildman–Crippen MR) is 52.0 cm³/mol. The van der Waals surface area contributed by atoms with Crippen LogP contribution in [0.3, 0.4) is 0 Å². The molecule has 1 aromatic heterocycles. The number of ether oxygens (including phenoxy) is 1. The van der Waals surface area contributed by atoms with E-state index in [2.05, 4.69) is 10.2 Å². The number of nitrogens with zero attached hydrogens (tertiary/aromatic N) is 2. The number of benzene rings is 1. The Bertz CT molecular complexity index is 481. The van der Waals surface area contributed by atoms with Gasteiger partial charge in [0.2, 0.25) is 0 Å². The Morgan fingerprint density at radius 1 is 1.31 bits per heavy atom. The summed E-state index contributed by atoms with van der Waals surface area (Å²) in [5.41, 5.74) is 0. The van der Waals surface area contributed by atoms with E-state index < -0.39 is 11.9 Å². The lowest BCUT2D eigenvalue weighted by Gasteiger charge is -2.01. The quantitative estimate of drug-likeness (QED) is 0.836. The summed E-state index contributed by atoms with van der Waals surface area (Å²) in [7, 11) is 0. The maximum absolute atomic E-state index is 10.5. The van der Waals surface area contributed by atoms with E-state index in [0.29, 0.717) is 5.75 Å². The summed E-state index contributed by atoms with van der Waals surface area (Å²) in [5.74, 6) is -0.913. The van der Waals surface area contributed by atoms with Crippen LogP contribution in [0.25, 0.3) is 0 Å². The van der Waals surface area contributed by atoms with Crippen LogP contribution in [0, 0.1) is 0 Å². The van der Waals surface area contributed by atoms with Gasteiger partial charge in [-0.3, -0.25) is 0 Å². The van der Waals surface area contributed by atoms with Crippen molar-refractivity contribution in [2.24, 2.45) is 0 Å². The van der Waals surface area contributed by atoms with Crippen LogP contribution < -0.4 is 4.74 Å². The fourth-order valence-corrected chi connectivity index (χ4v) is 1.06. The highest BCUT2D eigenvalue weighted by molar-refractivity contribution is 5.81. The van der Waals surface area contributed by atoms with Gasteiger partial charge in [-0.25, -0.2) is 4.79 Å². The molecular formula is C10H8N2O4. The fourth-order valence-electron chi connectivity index (χ4n) is 1.06. The van der Waals surface area contributed by atoms with Gasteiger partial charge >= 0.3 is 11.9 Å². The zero-order valence-corrected chi connectivity index (χ0v) is 8.16. The number of carboxylic acid groups (broad SMARTS) is 1. The maximum Gasteiger partial charge on any atom is 0.393 e. The van der Waals surface area contributed by atoms with Crippen molar-refractivity contribution in [2.75, 3.05) is 0 Å². The molecule has 0 aliphatic carbocycles. The molecular weight excluding hydrogens is 212 g/mol. The van der Waals surface area contributed by atoms with E-state index in [-0.39, 0.29) is 12.5 Å². The second-order valence-electron chi connectivity index (χ2n) is 2.91. The summed E-state index contributed by atoms with van der Waals surface area (Å²) < 4.78 is 10.1. The van der Waals surface area contributed by atoms with Crippen LogP contribution in [-0.2, 0) is 6.61 Å². The Labute approximate surface area is 90.5 Å². The van der Waals surface area contributed by atoms with Crippen LogP contribution in [0.5, 0.6) is 5.75 Å². The molecule has 1 heterocycles. The topological polar surface area (TPSA) is 85.5 Å². The van der Waals surface area contributed by atoms with Gasteiger partial charge in [0.15, 0.2) is 6.61 Å². The first-order valence-electron chi connectivity index (χ1n) is 4.49. The van der Waals surface area contributed by atoms with Crippen molar-refractivity contribution in [3.05, 3.63) is 42.1 Å². The first-order valence-corrected chi connectivity index (χ1v) is 4.49. The highest BCUT2D eigenvalue weighted by Crippen LogP contribution is 2.10. The Morgan fingerprint density at radius 3 is 2.69 bits per heavy atom. The molecule has 0 amide bonds. The Balaban J connectivity index is 1.97. The van der Waals surface area contributed by atoms with E-state index in [1.807, 2.05) is 18.2 Å². The second kappa shape index (κ2) is 4.43.